The lowest BCUT2D eigenvalue weighted by Crippen LogP contribution is -2.14. The number of fused-ring (bicyclic) bond motifs is 1. The number of amides is 1. The highest BCUT2D eigenvalue weighted by Crippen LogP contribution is 2.40. The molecule has 0 bridgehead atoms. The molecule has 1 aliphatic rings. The molecule has 1 amide bonds. The number of aryl methyl sites for hydroxylation is 2. The zero-order valence-corrected chi connectivity index (χ0v) is 17.0. The topological polar surface area (TPSA) is 59.8 Å². The third-order valence-corrected chi connectivity index (χ3v) is 5.56. The molecule has 0 unspecified atom stereocenters. The fourth-order valence-corrected chi connectivity index (χ4v) is 4.16. The summed E-state index contributed by atoms with van der Waals surface area (Å²) in [6.45, 7) is 1.91. The van der Waals surface area contributed by atoms with Crippen molar-refractivity contribution in [3.8, 4) is 0 Å². The van der Waals surface area contributed by atoms with Crippen LogP contribution >= 0.6 is 31.9 Å². The maximum atomic E-state index is 13.0. The SMILES string of the molecule is Cc1nn(C)c2nc(C3CC3)cc(C(=O)Nc3ccc(Br)cc3Br)c12. The van der Waals surface area contributed by atoms with Crippen molar-refractivity contribution >= 4 is 54.5 Å². The predicted octanol–water partition coefficient (Wildman–Crippen LogP) is 4.93. The van der Waals surface area contributed by atoms with Gasteiger partial charge in [0.2, 0.25) is 0 Å². The molecule has 0 atom stereocenters. The number of carbonyl (C=O) groups excluding carboxylic acids is 1. The lowest BCUT2D eigenvalue weighted by Gasteiger charge is -2.10. The van der Waals surface area contributed by atoms with Gasteiger partial charge in [-0.3, -0.25) is 9.48 Å². The van der Waals surface area contributed by atoms with E-state index < -0.39 is 0 Å². The Balaban J connectivity index is 1.80. The number of nitrogens with zero attached hydrogens (tertiary/aromatic N) is 3. The molecule has 4 rings (SSSR count). The Morgan fingerprint density at radius 3 is 2.72 bits per heavy atom. The van der Waals surface area contributed by atoms with Gasteiger partial charge in [-0.05, 0) is 60.0 Å². The molecule has 3 aromatic rings. The van der Waals surface area contributed by atoms with Gasteiger partial charge in [-0.2, -0.15) is 5.10 Å². The Morgan fingerprint density at radius 1 is 1.28 bits per heavy atom. The number of hydrogen-bond donors (Lipinski definition) is 1. The first-order valence-electron chi connectivity index (χ1n) is 8.04. The third-order valence-electron chi connectivity index (χ3n) is 4.41. The fourth-order valence-electron chi connectivity index (χ4n) is 3.01. The van der Waals surface area contributed by atoms with Crippen molar-refractivity contribution in [2.75, 3.05) is 5.32 Å². The van der Waals surface area contributed by atoms with E-state index in [0.29, 0.717) is 11.5 Å². The number of benzene rings is 1. The van der Waals surface area contributed by atoms with Crippen LogP contribution in [0.1, 0.15) is 40.5 Å². The first kappa shape index (κ1) is 16.7. The number of hydrogen-bond acceptors (Lipinski definition) is 3. The summed E-state index contributed by atoms with van der Waals surface area (Å²) in [7, 11) is 1.87. The number of pyridine rings is 1. The molecule has 1 aromatic carbocycles. The average Bonchev–Trinajstić information content (AvgIpc) is 3.37. The molecule has 5 nitrogen and oxygen atoms in total. The predicted molar refractivity (Wildman–Crippen MR) is 105 cm³/mol. The molecule has 1 N–H and O–H groups in total. The molecule has 1 saturated carbocycles. The summed E-state index contributed by atoms with van der Waals surface area (Å²) in [5, 5.41) is 8.26. The number of aromatic nitrogens is 3. The van der Waals surface area contributed by atoms with Crippen LogP contribution in [0.15, 0.2) is 33.2 Å². The van der Waals surface area contributed by atoms with Gasteiger partial charge in [-0.15, -0.1) is 0 Å². The molecule has 0 radical (unpaired) electrons. The van der Waals surface area contributed by atoms with Crippen molar-refractivity contribution in [1.29, 1.82) is 0 Å². The van der Waals surface area contributed by atoms with Crippen molar-refractivity contribution in [2.45, 2.75) is 25.7 Å². The van der Waals surface area contributed by atoms with Crippen LogP contribution in [0.5, 0.6) is 0 Å². The second kappa shape index (κ2) is 6.21. The Kier molecular flexibility index (Phi) is 4.16. The summed E-state index contributed by atoms with van der Waals surface area (Å²) in [5.74, 6) is 0.319. The quantitative estimate of drug-likeness (QED) is 0.598. The van der Waals surface area contributed by atoms with Crippen LogP contribution < -0.4 is 5.32 Å². The third kappa shape index (κ3) is 3.11. The van der Waals surface area contributed by atoms with Gasteiger partial charge in [0.25, 0.3) is 5.91 Å². The molecule has 0 aliphatic heterocycles. The Hall–Kier alpha value is -1.73. The summed E-state index contributed by atoms with van der Waals surface area (Å²) < 4.78 is 3.52. The Morgan fingerprint density at radius 2 is 2.04 bits per heavy atom. The van der Waals surface area contributed by atoms with Crippen LogP contribution in [0.4, 0.5) is 5.69 Å². The smallest absolute Gasteiger partial charge is 0.256 e. The van der Waals surface area contributed by atoms with E-state index in [0.717, 1.165) is 49.9 Å². The van der Waals surface area contributed by atoms with Crippen LogP contribution in [-0.2, 0) is 7.05 Å². The van der Waals surface area contributed by atoms with Gasteiger partial charge >= 0.3 is 0 Å². The monoisotopic (exact) mass is 462 g/mol. The minimum atomic E-state index is -0.145. The van der Waals surface area contributed by atoms with Crippen molar-refractivity contribution in [3.05, 3.63) is 50.2 Å². The van der Waals surface area contributed by atoms with Crippen molar-refractivity contribution in [2.24, 2.45) is 7.05 Å². The van der Waals surface area contributed by atoms with Gasteiger partial charge < -0.3 is 5.32 Å². The van der Waals surface area contributed by atoms with E-state index in [9.17, 15) is 4.79 Å². The maximum Gasteiger partial charge on any atom is 0.256 e. The van der Waals surface area contributed by atoms with Crippen LogP contribution in [0.25, 0.3) is 11.0 Å². The van der Waals surface area contributed by atoms with E-state index in [1.807, 2.05) is 38.2 Å². The average molecular weight is 464 g/mol. The molecule has 0 saturated heterocycles. The standard InChI is InChI=1S/C18H16Br2N4O/c1-9-16-12(18(25)22-14-6-5-11(19)7-13(14)20)8-15(10-3-4-10)21-17(16)24(2)23-9/h5-8,10H,3-4H2,1-2H3,(H,22,25). The molecule has 25 heavy (non-hydrogen) atoms. The number of rotatable bonds is 3. The summed E-state index contributed by atoms with van der Waals surface area (Å²) in [6.07, 6.45) is 2.27. The van der Waals surface area contributed by atoms with Gasteiger partial charge in [0.05, 0.1) is 22.3 Å². The van der Waals surface area contributed by atoms with E-state index in [4.69, 9.17) is 4.98 Å². The molecule has 7 heteroatoms. The Labute approximate surface area is 162 Å². The largest absolute Gasteiger partial charge is 0.321 e. The zero-order valence-electron chi connectivity index (χ0n) is 13.8. The molecule has 0 spiro atoms. The summed E-state index contributed by atoms with van der Waals surface area (Å²) in [6, 6.07) is 7.59. The summed E-state index contributed by atoms with van der Waals surface area (Å²) in [4.78, 5) is 17.8. The van der Waals surface area contributed by atoms with Crippen LogP contribution in [0.3, 0.4) is 0 Å². The first-order chi connectivity index (χ1) is 11.9. The second-order valence-electron chi connectivity index (χ2n) is 6.35. The lowest BCUT2D eigenvalue weighted by atomic mass is 10.1. The van der Waals surface area contributed by atoms with Gasteiger partial charge in [-0.1, -0.05) is 15.9 Å². The van der Waals surface area contributed by atoms with E-state index in [1.165, 1.54) is 0 Å². The van der Waals surface area contributed by atoms with E-state index in [2.05, 4.69) is 42.3 Å². The maximum absolute atomic E-state index is 13.0. The minimum absolute atomic E-state index is 0.145. The second-order valence-corrected chi connectivity index (χ2v) is 8.12. The molecule has 128 valence electrons. The van der Waals surface area contributed by atoms with Crippen LogP contribution in [0.2, 0.25) is 0 Å². The molecular formula is C18H16Br2N4O. The van der Waals surface area contributed by atoms with Crippen molar-refractivity contribution < 1.29 is 4.79 Å². The molecule has 1 aliphatic carbocycles. The number of carbonyl (C=O) groups is 1. The number of nitrogens with one attached hydrogen (secondary N) is 1. The van der Waals surface area contributed by atoms with Gasteiger partial charge in [-0.25, -0.2) is 4.98 Å². The van der Waals surface area contributed by atoms with Gasteiger partial charge in [0.1, 0.15) is 0 Å². The summed E-state index contributed by atoms with van der Waals surface area (Å²) in [5.41, 5.74) is 3.92. The Bertz CT molecular complexity index is 1010. The lowest BCUT2D eigenvalue weighted by molar-refractivity contribution is 0.102. The van der Waals surface area contributed by atoms with Crippen molar-refractivity contribution in [1.82, 2.24) is 14.8 Å². The van der Waals surface area contributed by atoms with Gasteiger partial charge in [0, 0.05) is 27.6 Å². The van der Waals surface area contributed by atoms with E-state index >= 15 is 0 Å². The molecule has 1 fully saturated rings. The minimum Gasteiger partial charge on any atom is -0.321 e. The van der Waals surface area contributed by atoms with Crippen LogP contribution in [-0.4, -0.2) is 20.7 Å². The molecular weight excluding hydrogens is 448 g/mol. The normalized spacial score (nSPS) is 14.1. The summed E-state index contributed by atoms with van der Waals surface area (Å²) >= 11 is 6.91. The zero-order chi connectivity index (χ0) is 17.7. The number of halogens is 2. The highest BCUT2D eigenvalue weighted by atomic mass is 79.9. The van der Waals surface area contributed by atoms with E-state index in [-0.39, 0.29) is 5.91 Å². The molecule has 2 aromatic heterocycles. The van der Waals surface area contributed by atoms with E-state index in [1.54, 1.807) is 4.68 Å². The van der Waals surface area contributed by atoms with Crippen molar-refractivity contribution in [3.63, 3.8) is 0 Å². The highest BCUT2D eigenvalue weighted by molar-refractivity contribution is 9.11. The number of anilines is 1. The highest BCUT2D eigenvalue weighted by Gasteiger charge is 2.28. The first-order valence-corrected chi connectivity index (χ1v) is 9.63. The molecule has 2 heterocycles. The van der Waals surface area contributed by atoms with Crippen LogP contribution in [0, 0.1) is 6.92 Å². The van der Waals surface area contributed by atoms with Gasteiger partial charge in [0.15, 0.2) is 5.65 Å². The fraction of sp³-hybridized carbons (Fsp3) is 0.278.